The molecule has 108 valence electrons. The summed E-state index contributed by atoms with van der Waals surface area (Å²) in [5.41, 5.74) is 8.78. The van der Waals surface area contributed by atoms with Gasteiger partial charge in [0.25, 0.3) is 5.91 Å². The highest BCUT2D eigenvalue weighted by Gasteiger charge is 2.10. The normalized spacial score (nSPS) is 9.95. The first-order chi connectivity index (χ1) is 10.1. The van der Waals surface area contributed by atoms with E-state index in [1.165, 1.54) is 0 Å². The number of ether oxygens (including phenoxy) is 1. The van der Waals surface area contributed by atoms with Gasteiger partial charge >= 0.3 is 0 Å². The van der Waals surface area contributed by atoms with Crippen molar-refractivity contribution >= 4 is 11.8 Å². The number of hydrogen-bond donors (Lipinski definition) is 3. The molecule has 0 heterocycles. The molecule has 2 amide bonds. The smallest absolute Gasteiger partial charge is 0.265 e. The van der Waals surface area contributed by atoms with Crippen LogP contribution in [-0.2, 0) is 6.61 Å². The van der Waals surface area contributed by atoms with Crippen LogP contribution in [0.15, 0.2) is 48.5 Å². The van der Waals surface area contributed by atoms with E-state index in [1.807, 2.05) is 0 Å². The molecule has 0 fully saturated rings. The predicted molar refractivity (Wildman–Crippen MR) is 77.4 cm³/mol. The van der Waals surface area contributed by atoms with Gasteiger partial charge in [-0.3, -0.25) is 15.0 Å². The Morgan fingerprint density at radius 3 is 2.57 bits per heavy atom. The molecule has 0 bridgehead atoms. The molecule has 2 aromatic carbocycles. The fourth-order valence-corrected chi connectivity index (χ4v) is 1.85. The molecule has 0 aliphatic heterocycles. The standard InChI is InChI=1S/C15H15N3O3/c16-14(19)10-5-3-6-12(8-10)21-9-11-4-1-2-7-13(11)15(20)18-17/h1-8H,9,17H2,(H2,16,19)(H,18,20). The highest BCUT2D eigenvalue weighted by molar-refractivity contribution is 5.95. The number of nitrogens with two attached hydrogens (primary N) is 2. The molecule has 5 N–H and O–H groups in total. The lowest BCUT2D eigenvalue weighted by atomic mass is 10.1. The van der Waals surface area contributed by atoms with Crippen molar-refractivity contribution in [3.05, 3.63) is 65.2 Å². The van der Waals surface area contributed by atoms with E-state index in [1.54, 1.807) is 48.5 Å². The summed E-state index contributed by atoms with van der Waals surface area (Å²) in [5, 5.41) is 0. The van der Waals surface area contributed by atoms with E-state index in [4.69, 9.17) is 16.3 Å². The van der Waals surface area contributed by atoms with Crippen molar-refractivity contribution in [3.8, 4) is 5.75 Å². The largest absolute Gasteiger partial charge is 0.489 e. The second kappa shape index (κ2) is 6.53. The number of benzene rings is 2. The van der Waals surface area contributed by atoms with E-state index in [0.717, 1.165) is 0 Å². The summed E-state index contributed by atoms with van der Waals surface area (Å²) in [6.45, 7) is 0.172. The fraction of sp³-hybridized carbons (Fsp3) is 0.0667. The topological polar surface area (TPSA) is 107 Å². The van der Waals surface area contributed by atoms with E-state index >= 15 is 0 Å². The second-order valence-corrected chi connectivity index (χ2v) is 4.31. The Morgan fingerprint density at radius 1 is 1.10 bits per heavy atom. The van der Waals surface area contributed by atoms with Crippen molar-refractivity contribution in [1.29, 1.82) is 0 Å². The Balaban J connectivity index is 2.15. The molecule has 0 aliphatic rings. The quantitative estimate of drug-likeness (QED) is 0.432. The van der Waals surface area contributed by atoms with Crippen LogP contribution in [0.2, 0.25) is 0 Å². The average Bonchev–Trinajstić information content (AvgIpc) is 2.52. The Hall–Kier alpha value is -2.86. The third-order valence-electron chi connectivity index (χ3n) is 2.91. The SMILES string of the molecule is NNC(=O)c1ccccc1COc1cccc(C(N)=O)c1. The van der Waals surface area contributed by atoms with Gasteiger partial charge in [-0.2, -0.15) is 0 Å². The van der Waals surface area contributed by atoms with E-state index in [-0.39, 0.29) is 12.5 Å². The van der Waals surface area contributed by atoms with Crippen molar-refractivity contribution < 1.29 is 14.3 Å². The Bertz CT molecular complexity index is 671. The summed E-state index contributed by atoms with van der Waals surface area (Å²) in [7, 11) is 0. The molecule has 21 heavy (non-hydrogen) atoms. The molecule has 6 heteroatoms. The molecule has 0 atom stereocenters. The average molecular weight is 285 g/mol. The molecule has 0 saturated heterocycles. The lowest BCUT2D eigenvalue weighted by Crippen LogP contribution is -2.30. The summed E-state index contributed by atoms with van der Waals surface area (Å²) in [6, 6.07) is 13.5. The van der Waals surface area contributed by atoms with Crippen LogP contribution in [0.1, 0.15) is 26.3 Å². The molecule has 0 radical (unpaired) electrons. The van der Waals surface area contributed by atoms with E-state index in [0.29, 0.717) is 22.4 Å². The molecule has 2 rings (SSSR count). The maximum atomic E-state index is 11.6. The number of amides is 2. The van der Waals surface area contributed by atoms with Crippen LogP contribution in [0.5, 0.6) is 5.75 Å². The molecular weight excluding hydrogens is 270 g/mol. The zero-order chi connectivity index (χ0) is 15.2. The number of hydrazine groups is 1. The zero-order valence-electron chi connectivity index (χ0n) is 11.2. The van der Waals surface area contributed by atoms with E-state index in [2.05, 4.69) is 5.43 Å². The number of rotatable bonds is 5. The van der Waals surface area contributed by atoms with Crippen molar-refractivity contribution in [2.75, 3.05) is 0 Å². The third kappa shape index (κ3) is 3.58. The van der Waals surface area contributed by atoms with Gasteiger partial charge in [0.15, 0.2) is 0 Å². The summed E-state index contributed by atoms with van der Waals surface area (Å²) >= 11 is 0. The number of hydrogen-bond acceptors (Lipinski definition) is 4. The third-order valence-corrected chi connectivity index (χ3v) is 2.91. The number of nitrogens with one attached hydrogen (secondary N) is 1. The summed E-state index contributed by atoms with van der Waals surface area (Å²) in [5.74, 6) is 4.72. The van der Waals surface area contributed by atoms with Gasteiger partial charge in [-0.15, -0.1) is 0 Å². The van der Waals surface area contributed by atoms with Gasteiger partial charge in [-0.25, -0.2) is 5.84 Å². The lowest BCUT2D eigenvalue weighted by molar-refractivity contribution is 0.0950. The number of nitrogen functional groups attached to an aromatic ring is 1. The number of carbonyl (C=O) groups excluding carboxylic acids is 2. The minimum Gasteiger partial charge on any atom is -0.489 e. The summed E-state index contributed by atoms with van der Waals surface area (Å²) in [6.07, 6.45) is 0. The minimum absolute atomic E-state index is 0.172. The second-order valence-electron chi connectivity index (χ2n) is 4.31. The molecule has 0 aliphatic carbocycles. The molecule has 0 unspecified atom stereocenters. The maximum Gasteiger partial charge on any atom is 0.265 e. The molecule has 0 saturated carbocycles. The monoisotopic (exact) mass is 285 g/mol. The van der Waals surface area contributed by atoms with Crippen LogP contribution >= 0.6 is 0 Å². The molecular formula is C15H15N3O3. The minimum atomic E-state index is -0.525. The van der Waals surface area contributed by atoms with Crippen LogP contribution in [-0.4, -0.2) is 11.8 Å². The van der Waals surface area contributed by atoms with Crippen molar-refractivity contribution in [2.24, 2.45) is 11.6 Å². The molecule has 0 spiro atoms. The number of carbonyl (C=O) groups is 2. The zero-order valence-corrected chi connectivity index (χ0v) is 11.2. The molecule has 6 nitrogen and oxygen atoms in total. The van der Waals surface area contributed by atoms with Gasteiger partial charge in [-0.1, -0.05) is 24.3 Å². The molecule has 0 aromatic heterocycles. The van der Waals surface area contributed by atoms with Crippen molar-refractivity contribution in [2.45, 2.75) is 6.61 Å². The van der Waals surface area contributed by atoms with Gasteiger partial charge in [0.2, 0.25) is 5.91 Å². The van der Waals surface area contributed by atoms with Gasteiger partial charge in [0.1, 0.15) is 12.4 Å². The first kappa shape index (κ1) is 14.5. The van der Waals surface area contributed by atoms with Gasteiger partial charge in [0.05, 0.1) is 0 Å². The van der Waals surface area contributed by atoms with Crippen LogP contribution in [0.4, 0.5) is 0 Å². The summed E-state index contributed by atoms with van der Waals surface area (Å²) in [4.78, 5) is 22.7. The Kier molecular flexibility index (Phi) is 4.53. The Labute approximate surface area is 121 Å². The van der Waals surface area contributed by atoms with E-state index < -0.39 is 5.91 Å². The van der Waals surface area contributed by atoms with Crippen LogP contribution in [0, 0.1) is 0 Å². The van der Waals surface area contributed by atoms with Gasteiger partial charge < -0.3 is 10.5 Å². The number of primary amides is 1. The highest BCUT2D eigenvalue weighted by atomic mass is 16.5. The van der Waals surface area contributed by atoms with Gasteiger partial charge in [-0.05, 0) is 24.3 Å². The van der Waals surface area contributed by atoms with E-state index in [9.17, 15) is 9.59 Å². The summed E-state index contributed by atoms with van der Waals surface area (Å²) < 4.78 is 5.59. The predicted octanol–water partition coefficient (Wildman–Crippen LogP) is 0.968. The van der Waals surface area contributed by atoms with Gasteiger partial charge in [0, 0.05) is 16.7 Å². The Morgan fingerprint density at radius 2 is 1.86 bits per heavy atom. The first-order valence-corrected chi connectivity index (χ1v) is 6.23. The lowest BCUT2D eigenvalue weighted by Gasteiger charge is -2.10. The van der Waals surface area contributed by atoms with Crippen LogP contribution < -0.4 is 21.7 Å². The van der Waals surface area contributed by atoms with Crippen molar-refractivity contribution in [1.82, 2.24) is 5.43 Å². The van der Waals surface area contributed by atoms with Crippen molar-refractivity contribution in [3.63, 3.8) is 0 Å². The fourth-order valence-electron chi connectivity index (χ4n) is 1.85. The first-order valence-electron chi connectivity index (χ1n) is 6.23. The maximum absolute atomic E-state index is 11.6. The molecule has 2 aromatic rings. The van der Waals surface area contributed by atoms with Crippen LogP contribution in [0.25, 0.3) is 0 Å². The van der Waals surface area contributed by atoms with Crippen LogP contribution in [0.3, 0.4) is 0 Å². The highest BCUT2D eigenvalue weighted by Crippen LogP contribution is 2.16.